The van der Waals surface area contributed by atoms with Crippen LogP contribution >= 0.6 is 0 Å². The second-order valence-corrected chi connectivity index (χ2v) is 3.21. The molecule has 6 nitrogen and oxygen atoms in total. The van der Waals surface area contributed by atoms with Crippen molar-refractivity contribution in [3.8, 4) is 5.75 Å². The molecule has 2 rings (SSSR count). The molecule has 6 heteroatoms. The SMILES string of the molecule is O=[N+]([O-])c1ccc(OC2CCOC2)cn1. The molecule has 0 aliphatic carbocycles. The summed E-state index contributed by atoms with van der Waals surface area (Å²) in [6.07, 6.45) is 2.24. The van der Waals surface area contributed by atoms with Crippen molar-refractivity contribution in [2.45, 2.75) is 12.5 Å². The average Bonchev–Trinajstić information content (AvgIpc) is 2.71. The van der Waals surface area contributed by atoms with E-state index in [4.69, 9.17) is 9.47 Å². The molecular weight excluding hydrogens is 200 g/mol. The Morgan fingerprint density at radius 2 is 2.47 bits per heavy atom. The van der Waals surface area contributed by atoms with Crippen molar-refractivity contribution >= 4 is 5.82 Å². The Morgan fingerprint density at radius 1 is 1.60 bits per heavy atom. The summed E-state index contributed by atoms with van der Waals surface area (Å²) in [6.45, 7) is 1.27. The lowest BCUT2D eigenvalue weighted by molar-refractivity contribution is -0.389. The third-order valence-electron chi connectivity index (χ3n) is 2.10. The van der Waals surface area contributed by atoms with E-state index in [0.29, 0.717) is 19.0 Å². The fourth-order valence-corrected chi connectivity index (χ4v) is 1.35. The minimum atomic E-state index is -0.539. The van der Waals surface area contributed by atoms with E-state index in [2.05, 4.69) is 4.98 Å². The highest BCUT2D eigenvalue weighted by Crippen LogP contribution is 2.17. The van der Waals surface area contributed by atoms with E-state index < -0.39 is 4.92 Å². The van der Waals surface area contributed by atoms with Crippen LogP contribution in [0.1, 0.15) is 6.42 Å². The van der Waals surface area contributed by atoms with Crippen LogP contribution in [-0.2, 0) is 4.74 Å². The fraction of sp³-hybridized carbons (Fsp3) is 0.444. The Hall–Kier alpha value is -1.69. The Morgan fingerprint density at radius 3 is 3.00 bits per heavy atom. The van der Waals surface area contributed by atoms with Crippen molar-refractivity contribution in [1.82, 2.24) is 4.98 Å². The van der Waals surface area contributed by atoms with Crippen LogP contribution in [0.4, 0.5) is 5.82 Å². The van der Waals surface area contributed by atoms with Crippen LogP contribution < -0.4 is 4.74 Å². The topological polar surface area (TPSA) is 74.5 Å². The van der Waals surface area contributed by atoms with E-state index in [0.717, 1.165) is 6.42 Å². The van der Waals surface area contributed by atoms with Gasteiger partial charge in [-0.1, -0.05) is 0 Å². The molecule has 1 aliphatic heterocycles. The van der Waals surface area contributed by atoms with Gasteiger partial charge in [-0.25, -0.2) is 0 Å². The molecule has 1 saturated heterocycles. The Bertz CT molecular complexity index is 346. The van der Waals surface area contributed by atoms with Gasteiger partial charge in [0.2, 0.25) is 0 Å². The zero-order valence-electron chi connectivity index (χ0n) is 7.96. The third kappa shape index (κ3) is 2.41. The summed E-state index contributed by atoms with van der Waals surface area (Å²) in [5.74, 6) is 0.362. The second kappa shape index (κ2) is 4.22. The van der Waals surface area contributed by atoms with Crippen LogP contribution in [-0.4, -0.2) is 29.2 Å². The van der Waals surface area contributed by atoms with E-state index in [9.17, 15) is 10.1 Å². The summed E-state index contributed by atoms with van der Waals surface area (Å²) in [6, 6.07) is 2.87. The summed E-state index contributed by atoms with van der Waals surface area (Å²) in [7, 11) is 0. The number of hydrogen-bond acceptors (Lipinski definition) is 5. The van der Waals surface area contributed by atoms with Gasteiger partial charge in [0.05, 0.1) is 13.2 Å². The molecule has 0 amide bonds. The molecule has 0 saturated carbocycles. The van der Waals surface area contributed by atoms with E-state index in [-0.39, 0.29) is 11.9 Å². The van der Waals surface area contributed by atoms with Crippen LogP contribution in [0.3, 0.4) is 0 Å². The second-order valence-electron chi connectivity index (χ2n) is 3.21. The number of pyridine rings is 1. The monoisotopic (exact) mass is 210 g/mol. The van der Waals surface area contributed by atoms with Crippen molar-refractivity contribution in [2.24, 2.45) is 0 Å². The predicted octanol–water partition coefficient (Wildman–Crippen LogP) is 1.16. The quantitative estimate of drug-likeness (QED) is 0.552. The lowest BCUT2D eigenvalue weighted by atomic mass is 10.3. The van der Waals surface area contributed by atoms with Gasteiger partial charge in [-0.15, -0.1) is 0 Å². The first-order valence-electron chi connectivity index (χ1n) is 4.60. The minimum Gasteiger partial charge on any atom is -0.484 e. The van der Waals surface area contributed by atoms with Crippen molar-refractivity contribution in [3.05, 3.63) is 28.4 Å². The molecule has 1 aromatic rings. The van der Waals surface area contributed by atoms with Gasteiger partial charge in [0.1, 0.15) is 6.10 Å². The lowest BCUT2D eigenvalue weighted by Gasteiger charge is -2.09. The first-order valence-corrected chi connectivity index (χ1v) is 4.60. The van der Waals surface area contributed by atoms with Gasteiger partial charge in [-0.2, -0.15) is 0 Å². The van der Waals surface area contributed by atoms with Gasteiger partial charge in [0.25, 0.3) is 0 Å². The molecule has 1 aliphatic rings. The number of ether oxygens (including phenoxy) is 2. The molecular formula is C9H10N2O4. The van der Waals surface area contributed by atoms with Crippen molar-refractivity contribution in [2.75, 3.05) is 13.2 Å². The largest absolute Gasteiger partial charge is 0.484 e. The van der Waals surface area contributed by atoms with Crippen LogP contribution in [0, 0.1) is 10.1 Å². The smallest absolute Gasteiger partial charge is 0.363 e. The number of rotatable bonds is 3. The summed E-state index contributed by atoms with van der Waals surface area (Å²) in [5, 5.41) is 10.3. The van der Waals surface area contributed by atoms with Gasteiger partial charge in [0, 0.05) is 12.5 Å². The molecule has 0 aromatic carbocycles. The van der Waals surface area contributed by atoms with Gasteiger partial charge >= 0.3 is 5.82 Å². The van der Waals surface area contributed by atoms with Crippen molar-refractivity contribution in [1.29, 1.82) is 0 Å². The maximum absolute atomic E-state index is 10.3. The highest BCUT2D eigenvalue weighted by atomic mass is 16.6. The van der Waals surface area contributed by atoms with Gasteiger partial charge in [-0.3, -0.25) is 0 Å². The van der Waals surface area contributed by atoms with E-state index >= 15 is 0 Å². The first-order chi connectivity index (χ1) is 7.25. The summed E-state index contributed by atoms with van der Waals surface area (Å²) in [5.41, 5.74) is 0. The van der Waals surface area contributed by atoms with Crippen molar-refractivity contribution in [3.63, 3.8) is 0 Å². The molecule has 1 atom stereocenters. The highest BCUT2D eigenvalue weighted by Gasteiger charge is 2.18. The highest BCUT2D eigenvalue weighted by molar-refractivity contribution is 5.26. The third-order valence-corrected chi connectivity index (χ3v) is 2.10. The maximum atomic E-state index is 10.3. The predicted molar refractivity (Wildman–Crippen MR) is 50.7 cm³/mol. The molecule has 80 valence electrons. The summed E-state index contributed by atoms with van der Waals surface area (Å²) in [4.78, 5) is 13.5. The summed E-state index contributed by atoms with van der Waals surface area (Å²) >= 11 is 0. The standard InChI is InChI=1S/C9H10N2O4/c12-11(13)9-2-1-7(5-10-9)15-8-3-4-14-6-8/h1-2,5,8H,3-4,6H2. The van der Waals surface area contributed by atoms with Gasteiger partial charge in [-0.05, 0) is 16.0 Å². The fourth-order valence-electron chi connectivity index (χ4n) is 1.35. The average molecular weight is 210 g/mol. The molecule has 15 heavy (non-hydrogen) atoms. The number of hydrogen-bond donors (Lipinski definition) is 0. The zero-order chi connectivity index (χ0) is 10.7. The van der Waals surface area contributed by atoms with Crippen LogP contribution in [0.25, 0.3) is 0 Å². The van der Waals surface area contributed by atoms with Gasteiger partial charge < -0.3 is 19.6 Å². The molecule has 2 heterocycles. The summed E-state index contributed by atoms with van der Waals surface area (Å²) < 4.78 is 10.6. The first kappa shape index (κ1) is 9.85. The molecule has 1 unspecified atom stereocenters. The zero-order valence-corrected chi connectivity index (χ0v) is 7.96. The number of aromatic nitrogens is 1. The van der Waals surface area contributed by atoms with E-state index in [1.807, 2.05) is 0 Å². The molecule has 0 radical (unpaired) electrons. The normalized spacial score (nSPS) is 20.1. The maximum Gasteiger partial charge on any atom is 0.363 e. The van der Waals surface area contributed by atoms with Crippen LogP contribution in [0.15, 0.2) is 18.3 Å². The molecule has 1 fully saturated rings. The number of nitrogens with zero attached hydrogens (tertiary/aromatic N) is 2. The molecule has 1 aromatic heterocycles. The van der Waals surface area contributed by atoms with E-state index in [1.54, 1.807) is 6.07 Å². The van der Waals surface area contributed by atoms with Crippen molar-refractivity contribution < 1.29 is 14.4 Å². The Balaban J connectivity index is 2.00. The lowest BCUT2D eigenvalue weighted by Crippen LogP contribution is -2.15. The Kier molecular flexibility index (Phi) is 2.77. The van der Waals surface area contributed by atoms with Crippen LogP contribution in [0.2, 0.25) is 0 Å². The van der Waals surface area contributed by atoms with Gasteiger partial charge in [0.15, 0.2) is 11.9 Å². The minimum absolute atomic E-state index is 0.0354. The Labute approximate surface area is 86.0 Å². The van der Waals surface area contributed by atoms with Crippen LogP contribution in [0.5, 0.6) is 5.75 Å². The van der Waals surface area contributed by atoms with E-state index in [1.165, 1.54) is 12.3 Å². The number of nitro groups is 1. The molecule has 0 spiro atoms. The molecule has 0 bridgehead atoms. The molecule has 0 N–H and O–H groups in total.